The Labute approximate surface area is 69.2 Å². The third-order valence-electron chi connectivity index (χ3n) is 1.70. The van der Waals surface area contributed by atoms with E-state index in [4.69, 9.17) is 11.6 Å². The maximum Gasteiger partial charge on any atom is 0.273 e. The van der Waals surface area contributed by atoms with Gasteiger partial charge in [-0.1, -0.05) is 17.7 Å². The molecule has 0 unspecified atom stereocenters. The van der Waals surface area contributed by atoms with E-state index < -0.39 is 0 Å². The second kappa shape index (κ2) is 2.24. The first-order chi connectivity index (χ1) is 5.27. The molecule has 1 amide bonds. The Morgan fingerprint density at radius 3 is 3.09 bits per heavy atom. The molecule has 11 heavy (non-hydrogen) atoms. The minimum absolute atomic E-state index is 0.150. The van der Waals surface area contributed by atoms with E-state index in [0.717, 1.165) is 5.56 Å². The maximum absolute atomic E-state index is 11.0. The zero-order valence-corrected chi connectivity index (χ0v) is 6.43. The summed E-state index contributed by atoms with van der Waals surface area (Å²) in [4.78, 5) is 11.0. The lowest BCUT2D eigenvalue weighted by Gasteiger charge is -1.93. The Bertz CT molecular complexity index is 322. The van der Waals surface area contributed by atoms with Crippen LogP contribution < -0.4 is 5.32 Å². The van der Waals surface area contributed by atoms with Crippen molar-refractivity contribution in [3.63, 3.8) is 0 Å². The van der Waals surface area contributed by atoms with Crippen LogP contribution in [0.25, 0.3) is 0 Å². The predicted octanol–water partition coefficient (Wildman–Crippen LogP) is 1.60. The molecule has 0 saturated carbocycles. The SMILES string of the molecule is O=C1[N]Cc2ccc(Cl)cc21. The molecule has 1 aromatic rings. The quantitative estimate of drug-likeness (QED) is 0.576. The summed E-state index contributed by atoms with van der Waals surface area (Å²) in [6.45, 7) is 0.505. The average Bonchev–Trinajstić information content (AvgIpc) is 2.33. The Kier molecular flexibility index (Phi) is 1.36. The standard InChI is InChI=1S/C8H5ClNO/c9-6-2-1-5-4-10-8(11)7(5)3-6/h1-3H,4H2. The van der Waals surface area contributed by atoms with Crippen LogP contribution in [0.2, 0.25) is 5.02 Å². The Morgan fingerprint density at radius 2 is 2.27 bits per heavy atom. The van der Waals surface area contributed by atoms with Crippen LogP contribution >= 0.6 is 11.6 Å². The molecule has 0 aliphatic carbocycles. The number of nitrogens with zero attached hydrogens (tertiary/aromatic N) is 1. The molecule has 0 saturated heterocycles. The minimum Gasteiger partial charge on any atom is -0.267 e. The van der Waals surface area contributed by atoms with Gasteiger partial charge in [-0.25, -0.2) is 5.32 Å². The Morgan fingerprint density at radius 1 is 1.45 bits per heavy atom. The van der Waals surface area contributed by atoms with E-state index in [2.05, 4.69) is 5.32 Å². The molecule has 0 aromatic heterocycles. The number of benzene rings is 1. The highest BCUT2D eigenvalue weighted by Crippen LogP contribution is 2.20. The van der Waals surface area contributed by atoms with Gasteiger partial charge in [0.2, 0.25) is 0 Å². The van der Waals surface area contributed by atoms with E-state index in [1.54, 1.807) is 12.1 Å². The zero-order chi connectivity index (χ0) is 7.84. The molecule has 0 bridgehead atoms. The van der Waals surface area contributed by atoms with Crippen LogP contribution in [0.3, 0.4) is 0 Å². The molecule has 2 nitrogen and oxygen atoms in total. The largest absolute Gasteiger partial charge is 0.273 e. The van der Waals surface area contributed by atoms with Gasteiger partial charge in [0, 0.05) is 10.6 Å². The van der Waals surface area contributed by atoms with Crippen molar-refractivity contribution in [1.29, 1.82) is 0 Å². The third kappa shape index (κ3) is 0.994. The molecule has 1 aliphatic heterocycles. The van der Waals surface area contributed by atoms with Crippen molar-refractivity contribution in [2.75, 3.05) is 0 Å². The summed E-state index contributed by atoms with van der Waals surface area (Å²) in [6.07, 6.45) is 0. The van der Waals surface area contributed by atoms with Gasteiger partial charge < -0.3 is 0 Å². The second-order valence-corrected chi connectivity index (χ2v) is 2.86. The van der Waals surface area contributed by atoms with Gasteiger partial charge in [-0.3, -0.25) is 4.79 Å². The molecule has 0 spiro atoms. The summed E-state index contributed by atoms with van der Waals surface area (Å²) in [5, 5.41) is 4.34. The van der Waals surface area contributed by atoms with Gasteiger partial charge in [0.05, 0.1) is 6.54 Å². The van der Waals surface area contributed by atoms with Gasteiger partial charge in [0.15, 0.2) is 0 Å². The van der Waals surface area contributed by atoms with Crippen LogP contribution in [0, 0.1) is 0 Å². The van der Waals surface area contributed by atoms with Gasteiger partial charge >= 0.3 is 0 Å². The van der Waals surface area contributed by atoms with Crippen LogP contribution in [-0.2, 0) is 6.54 Å². The first kappa shape index (κ1) is 6.68. The normalized spacial score (nSPS) is 14.5. The van der Waals surface area contributed by atoms with Gasteiger partial charge in [-0.15, -0.1) is 0 Å². The van der Waals surface area contributed by atoms with Gasteiger partial charge in [-0.2, -0.15) is 0 Å². The molecule has 1 aromatic carbocycles. The predicted molar refractivity (Wildman–Crippen MR) is 41.6 cm³/mol. The molecule has 1 heterocycles. The lowest BCUT2D eigenvalue weighted by Crippen LogP contribution is -2.03. The first-order valence-corrected chi connectivity index (χ1v) is 3.65. The van der Waals surface area contributed by atoms with Crippen LogP contribution in [0.1, 0.15) is 15.9 Å². The number of rotatable bonds is 0. The van der Waals surface area contributed by atoms with Crippen molar-refractivity contribution in [3.8, 4) is 0 Å². The molecule has 1 aliphatic rings. The number of carbonyl (C=O) groups is 1. The number of hydrogen-bond acceptors (Lipinski definition) is 1. The topological polar surface area (TPSA) is 31.2 Å². The van der Waals surface area contributed by atoms with Gasteiger partial charge in [0.1, 0.15) is 0 Å². The lowest BCUT2D eigenvalue weighted by molar-refractivity contribution is 0.0961. The van der Waals surface area contributed by atoms with E-state index in [1.807, 2.05) is 6.07 Å². The molecule has 1 radical (unpaired) electrons. The fourth-order valence-electron chi connectivity index (χ4n) is 1.13. The van der Waals surface area contributed by atoms with Crippen LogP contribution in [0.4, 0.5) is 0 Å². The molecular formula is C8H5ClNO. The molecule has 3 heteroatoms. The number of hydrogen-bond donors (Lipinski definition) is 0. The van der Waals surface area contributed by atoms with Crippen LogP contribution in [0.5, 0.6) is 0 Å². The van der Waals surface area contributed by atoms with Gasteiger partial charge in [0.25, 0.3) is 5.91 Å². The first-order valence-electron chi connectivity index (χ1n) is 3.27. The highest BCUT2D eigenvalue weighted by atomic mass is 35.5. The molecule has 55 valence electrons. The average molecular weight is 167 g/mol. The number of halogens is 1. The Hall–Kier alpha value is -1.02. The molecule has 2 rings (SSSR count). The fraction of sp³-hybridized carbons (Fsp3) is 0.125. The molecule has 0 N–H and O–H groups in total. The second-order valence-electron chi connectivity index (χ2n) is 2.42. The highest BCUT2D eigenvalue weighted by molar-refractivity contribution is 6.31. The fourth-order valence-corrected chi connectivity index (χ4v) is 1.30. The lowest BCUT2D eigenvalue weighted by atomic mass is 10.1. The number of amides is 1. The highest BCUT2D eigenvalue weighted by Gasteiger charge is 2.19. The minimum atomic E-state index is -0.150. The van der Waals surface area contributed by atoms with Gasteiger partial charge in [-0.05, 0) is 17.7 Å². The summed E-state index contributed by atoms with van der Waals surface area (Å²) in [5.41, 5.74) is 1.62. The summed E-state index contributed by atoms with van der Waals surface area (Å²) in [5.74, 6) is -0.150. The zero-order valence-electron chi connectivity index (χ0n) is 5.67. The van der Waals surface area contributed by atoms with E-state index in [-0.39, 0.29) is 5.91 Å². The van der Waals surface area contributed by atoms with E-state index in [0.29, 0.717) is 17.1 Å². The third-order valence-corrected chi connectivity index (χ3v) is 1.93. The van der Waals surface area contributed by atoms with Crippen molar-refractivity contribution in [2.24, 2.45) is 0 Å². The van der Waals surface area contributed by atoms with E-state index >= 15 is 0 Å². The number of fused-ring (bicyclic) bond motifs is 1. The summed E-state index contributed by atoms with van der Waals surface area (Å²) < 4.78 is 0. The molecular weight excluding hydrogens is 162 g/mol. The van der Waals surface area contributed by atoms with Crippen LogP contribution in [-0.4, -0.2) is 5.91 Å². The summed E-state index contributed by atoms with van der Waals surface area (Å²) >= 11 is 5.69. The van der Waals surface area contributed by atoms with E-state index in [1.165, 1.54) is 0 Å². The molecule has 0 fully saturated rings. The smallest absolute Gasteiger partial charge is 0.267 e. The van der Waals surface area contributed by atoms with E-state index in [9.17, 15) is 4.79 Å². The van der Waals surface area contributed by atoms with Crippen molar-refractivity contribution < 1.29 is 4.79 Å². The van der Waals surface area contributed by atoms with Crippen LogP contribution in [0.15, 0.2) is 18.2 Å². The van der Waals surface area contributed by atoms with Crippen molar-refractivity contribution in [3.05, 3.63) is 34.3 Å². The Balaban J connectivity index is 2.60. The van der Waals surface area contributed by atoms with Crippen molar-refractivity contribution in [2.45, 2.75) is 6.54 Å². The maximum atomic E-state index is 11.0. The summed E-state index contributed by atoms with van der Waals surface area (Å²) in [7, 11) is 0. The number of carbonyl (C=O) groups excluding carboxylic acids is 1. The van der Waals surface area contributed by atoms with Crippen molar-refractivity contribution >= 4 is 17.5 Å². The monoisotopic (exact) mass is 166 g/mol. The summed E-state index contributed by atoms with van der Waals surface area (Å²) in [6, 6.07) is 5.27. The van der Waals surface area contributed by atoms with Crippen molar-refractivity contribution in [1.82, 2.24) is 5.32 Å². The molecule has 0 atom stereocenters.